The van der Waals surface area contributed by atoms with Crippen molar-refractivity contribution in [2.75, 3.05) is 6.54 Å². The summed E-state index contributed by atoms with van der Waals surface area (Å²) in [5.74, 6) is 0. The Kier molecular flexibility index (Phi) is 6.56. The predicted octanol–water partition coefficient (Wildman–Crippen LogP) is 3.13. The van der Waals surface area contributed by atoms with E-state index in [0.29, 0.717) is 6.04 Å². The van der Waals surface area contributed by atoms with Gasteiger partial charge in [0.25, 0.3) is 0 Å². The van der Waals surface area contributed by atoms with Gasteiger partial charge in [-0.1, -0.05) is 39.0 Å². The van der Waals surface area contributed by atoms with Gasteiger partial charge in [-0.15, -0.1) is 0 Å². The average molecular weight is 232 g/mol. The van der Waals surface area contributed by atoms with E-state index in [2.05, 4.69) is 55.4 Å². The summed E-state index contributed by atoms with van der Waals surface area (Å²) >= 11 is 0. The second-order valence-electron chi connectivity index (χ2n) is 4.58. The minimum absolute atomic E-state index is 0.576. The van der Waals surface area contributed by atoms with Gasteiger partial charge in [0.15, 0.2) is 0 Å². The van der Waals surface area contributed by atoms with Gasteiger partial charge >= 0.3 is 0 Å². The molecule has 94 valence electrons. The molecular formula is C15H24N2. The Morgan fingerprint density at radius 3 is 2.71 bits per heavy atom. The van der Waals surface area contributed by atoms with Crippen LogP contribution >= 0.6 is 0 Å². The van der Waals surface area contributed by atoms with Gasteiger partial charge in [-0.2, -0.15) is 0 Å². The monoisotopic (exact) mass is 232 g/mol. The number of aromatic nitrogens is 1. The van der Waals surface area contributed by atoms with Crippen LogP contribution in [0.4, 0.5) is 0 Å². The molecule has 17 heavy (non-hydrogen) atoms. The molecule has 0 fully saturated rings. The van der Waals surface area contributed by atoms with Crippen molar-refractivity contribution in [3.05, 3.63) is 41.7 Å². The number of rotatable bonds is 7. The van der Waals surface area contributed by atoms with E-state index in [1.54, 1.807) is 0 Å². The molecule has 1 rings (SSSR count). The zero-order valence-electron chi connectivity index (χ0n) is 11.2. The molecule has 1 aromatic rings. The highest BCUT2D eigenvalue weighted by molar-refractivity contribution is 5.15. The largest absolute Gasteiger partial charge is 0.314 e. The third-order valence-electron chi connectivity index (χ3n) is 2.65. The molecule has 0 saturated heterocycles. The topological polar surface area (TPSA) is 24.9 Å². The smallest absolute Gasteiger partial charge is 0.0441 e. The lowest BCUT2D eigenvalue weighted by molar-refractivity contribution is 0.594. The maximum absolute atomic E-state index is 4.43. The Morgan fingerprint density at radius 2 is 2.12 bits per heavy atom. The summed E-state index contributed by atoms with van der Waals surface area (Å²) in [5.41, 5.74) is 2.45. The fourth-order valence-corrected chi connectivity index (χ4v) is 1.56. The summed E-state index contributed by atoms with van der Waals surface area (Å²) < 4.78 is 0. The van der Waals surface area contributed by atoms with Gasteiger partial charge in [-0.25, -0.2) is 0 Å². The molecule has 2 nitrogen and oxygen atoms in total. The highest BCUT2D eigenvalue weighted by Crippen LogP contribution is 2.02. The number of nitrogens with zero attached hydrogens (tertiary/aromatic N) is 1. The first-order chi connectivity index (χ1) is 8.22. The molecule has 0 spiro atoms. The van der Waals surface area contributed by atoms with E-state index < -0.39 is 0 Å². The number of allylic oxidation sites excluding steroid dienone is 1. The van der Waals surface area contributed by atoms with Crippen LogP contribution in [0.15, 0.2) is 30.5 Å². The first kappa shape index (κ1) is 13.9. The average Bonchev–Trinajstić information content (AvgIpc) is 2.34. The Morgan fingerprint density at radius 1 is 1.29 bits per heavy atom. The van der Waals surface area contributed by atoms with Gasteiger partial charge in [0.2, 0.25) is 0 Å². The molecule has 0 radical (unpaired) electrons. The zero-order chi connectivity index (χ0) is 12.5. The Hall–Kier alpha value is -1.15. The lowest BCUT2D eigenvalue weighted by Crippen LogP contribution is -2.23. The van der Waals surface area contributed by atoms with Crippen LogP contribution in [0.5, 0.6) is 0 Å². The highest BCUT2D eigenvalue weighted by atomic mass is 14.9. The molecule has 0 amide bonds. The van der Waals surface area contributed by atoms with Crippen molar-refractivity contribution < 1.29 is 0 Å². The number of hydrogen-bond donors (Lipinski definition) is 1. The van der Waals surface area contributed by atoms with Crippen molar-refractivity contribution in [1.82, 2.24) is 10.3 Å². The molecule has 0 atom stereocenters. The van der Waals surface area contributed by atoms with Crippen molar-refractivity contribution >= 4 is 0 Å². The summed E-state index contributed by atoms with van der Waals surface area (Å²) in [6.45, 7) is 7.54. The number of hydrogen-bond acceptors (Lipinski definition) is 2. The molecule has 0 saturated carbocycles. The summed E-state index contributed by atoms with van der Waals surface area (Å²) in [4.78, 5) is 4.43. The van der Waals surface area contributed by atoms with E-state index in [1.807, 2.05) is 6.20 Å². The van der Waals surface area contributed by atoms with Crippen LogP contribution in [-0.4, -0.2) is 17.6 Å². The van der Waals surface area contributed by atoms with Gasteiger partial charge in [-0.05, 0) is 31.0 Å². The normalized spacial score (nSPS) is 11.5. The molecular weight excluding hydrogens is 208 g/mol. The molecule has 1 aromatic heterocycles. The summed E-state index contributed by atoms with van der Waals surface area (Å²) in [6.07, 6.45) is 9.49. The van der Waals surface area contributed by atoms with Crippen molar-refractivity contribution in [1.29, 1.82) is 0 Å². The fourth-order valence-electron chi connectivity index (χ4n) is 1.56. The fraction of sp³-hybridized carbons (Fsp3) is 0.533. The molecule has 0 aliphatic heterocycles. The number of nitrogens with one attached hydrogen (secondary N) is 1. The summed E-state index contributed by atoms with van der Waals surface area (Å²) in [5, 5.41) is 3.39. The van der Waals surface area contributed by atoms with E-state index in [1.165, 1.54) is 5.56 Å². The third-order valence-corrected chi connectivity index (χ3v) is 2.65. The van der Waals surface area contributed by atoms with Crippen molar-refractivity contribution in [3.63, 3.8) is 0 Å². The molecule has 2 heteroatoms. The van der Waals surface area contributed by atoms with Crippen LogP contribution in [0, 0.1) is 0 Å². The van der Waals surface area contributed by atoms with Gasteiger partial charge < -0.3 is 5.32 Å². The quantitative estimate of drug-likeness (QED) is 0.577. The van der Waals surface area contributed by atoms with Gasteiger partial charge in [-0.3, -0.25) is 4.98 Å². The third kappa shape index (κ3) is 6.22. The van der Waals surface area contributed by atoms with Crippen LogP contribution in [0.25, 0.3) is 0 Å². The van der Waals surface area contributed by atoms with Gasteiger partial charge in [0, 0.05) is 24.4 Å². The zero-order valence-corrected chi connectivity index (χ0v) is 11.2. The number of aryl methyl sites for hydroxylation is 1. The van der Waals surface area contributed by atoms with Crippen molar-refractivity contribution in [2.24, 2.45) is 0 Å². The van der Waals surface area contributed by atoms with E-state index in [-0.39, 0.29) is 0 Å². The first-order valence-electron chi connectivity index (χ1n) is 6.54. The second kappa shape index (κ2) is 8.02. The van der Waals surface area contributed by atoms with Gasteiger partial charge in [0.05, 0.1) is 0 Å². The standard InChI is InChI=1S/C15H24N2/c1-4-14-9-10-15(17-12-14)8-6-5-7-11-16-13(2)3/h5-6,9-10,12-13,16H,4,7-8,11H2,1-3H3. The molecule has 0 bridgehead atoms. The van der Waals surface area contributed by atoms with Crippen LogP contribution < -0.4 is 5.32 Å². The highest BCUT2D eigenvalue weighted by Gasteiger charge is 1.92. The SMILES string of the molecule is CCc1ccc(CC=CCCNC(C)C)nc1. The van der Waals surface area contributed by atoms with Crippen LogP contribution in [0.3, 0.4) is 0 Å². The van der Waals surface area contributed by atoms with Crippen LogP contribution in [0.1, 0.15) is 38.4 Å². The minimum atomic E-state index is 0.576. The lowest BCUT2D eigenvalue weighted by Gasteiger charge is -2.04. The Labute approximate surface area is 105 Å². The molecule has 0 unspecified atom stereocenters. The first-order valence-corrected chi connectivity index (χ1v) is 6.54. The molecule has 0 aliphatic carbocycles. The van der Waals surface area contributed by atoms with Crippen LogP contribution in [-0.2, 0) is 12.8 Å². The van der Waals surface area contributed by atoms with Crippen LogP contribution in [0.2, 0.25) is 0 Å². The molecule has 1 heterocycles. The van der Waals surface area contributed by atoms with E-state index in [0.717, 1.165) is 31.5 Å². The molecule has 1 N–H and O–H groups in total. The summed E-state index contributed by atoms with van der Waals surface area (Å²) in [7, 11) is 0. The lowest BCUT2D eigenvalue weighted by atomic mass is 10.2. The maximum Gasteiger partial charge on any atom is 0.0441 e. The maximum atomic E-state index is 4.43. The van der Waals surface area contributed by atoms with E-state index in [9.17, 15) is 0 Å². The predicted molar refractivity (Wildman–Crippen MR) is 74.2 cm³/mol. The van der Waals surface area contributed by atoms with Crippen molar-refractivity contribution in [3.8, 4) is 0 Å². The second-order valence-corrected chi connectivity index (χ2v) is 4.58. The molecule has 0 aromatic carbocycles. The van der Waals surface area contributed by atoms with Crippen molar-refractivity contribution in [2.45, 2.75) is 46.1 Å². The molecule has 0 aliphatic rings. The minimum Gasteiger partial charge on any atom is -0.314 e. The van der Waals surface area contributed by atoms with Gasteiger partial charge in [0.1, 0.15) is 0 Å². The van der Waals surface area contributed by atoms with E-state index >= 15 is 0 Å². The van der Waals surface area contributed by atoms with E-state index in [4.69, 9.17) is 0 Å². The Balaban J connectivity index is 2.22. The Bertz CT molecular complexity index is 325. The number of pyridine rings is 1. The summed E-state index contributed by atoms with van der Waals surface area (Å²) in [6, 6.07) is 4.86.